The zero-order valence-corrected chi connectivity index (χ0v) is 15.6. The molecular formula is C16H14Cl2N4O3S. The van der Waals surface area contributed by atoms with E-state index < -0.39 is 5.91 Å². The summed E-state index contributed by atoms with van der Waals surface area (Å²) < 4.78 is 0. The summed E-state index contributed by atoms with van der Waals surface area (Å²) in [5.41, 5.74) is 0.905. The molecule has 0 aromatic carbocycles. The number of hydrogen-bond acceptors (Lipinski definition) is 6. The summed E-state index contributed by atoms with van der Waals surface area (Å²) in [7, 11) is 0. The number of hydrogen-bond donors (Lipinski definition) is 4. The number of aromatic hydroxyl groups is 1. The van der Waals surface area contributed by atoms with Crippen LogP contribution in [-0.4, -0.2) is 35.0 Å². The lowest BCUT2D eigenvalue weighted by atomic mass is 10.1. The number of nitrogens with zero attached hydrogens (tertiary/aromatic N) is 1. The van der Waals surface area contributed by atoms with E-state index in [1.165, 1.54) is 11.6 Å². The summed E-state index contributed by atoms with van der Waals surface area (Å²) in [5.74, 6) is -0.614. The Kier molecular flexibility index (Phi) is 5.77. The SMILES string of the molecule is O=C(Nc1ccc(Cl)cn1)C1=C(NC(=O)c2scc(O)c2Cl)CNCC1. The average Bonchev–Trinajstić information content (AvgIpc) is 2.96. The van der Waals surface area contributed by atoms with Gasteiger partial charge in [-0.05, 0) is 25.1 Å². The van der Waals surface area contributed by atoms with Gasteiger partial charge in [0, 0.05) is 29.4 Å². The fourth-order valence-electron chi connectivity index (χ4n) is 2.38. The molecule has 3 rings (SSSR count). The molecule has 0 saturated carbocycles. The van der Waals surface area contributed by atoms with Crippen molar-refractivity contribution in [1.29, 1.82) is 0 Å². The van der Waals surface area contributed by atoms with E-state index >= 15 is 0 Å². The molecule has 2 aromatic heterocycles. The maximum Gasteiger partial charge on any atom is 0.267 e. The van der Waals surface area contributed by atoms with Crippen molar-refractivity contribution in [2.45, 2.75) is 6.42 Å². The minimum atomic E-state index is -0.478. The highest BCUT2D eigenvalue weighted by atomic mass is 35.5. The monoisotopic (exact) mass is 412 g/mol. The molecule has 1 aliphatic rings. The molecule has 0 unspecified atom stereocenters. The molecule has 0 aliphatic carbocycles. The molecule has 2 amide bonds. The average molecular weight is 413 g/mol. The van der Waals surface area contributed by atoms with Gasteiger partial charge >= 0.3 is 0 Å². The predicted molar refractivity (Wildman–Crippen MR) is 101 cm³/mol. The number of aromatic nitrogens is 1. The van der Waals surface area contributed by atoms with E-state index in [1.54, 1.807) is 12.1 Å². The Morgan fingerprint density at radius 2 is 2.04 bits per heavy atom. The van der Waals surface area contributed by atoms with Crippen molar-refractivity contribution in [3.8, 4) is 5.75 Å². The van der Waals surface area contributed by atoms with E-state index in [9.17, 15) is 14.7 Å². The van der Waals surface area contributed by atoms with Gasteiger partial charge < -0.3 is 21.1 Å². The minimum absolute atomic E-state index is 0.00626. The smallest absolute Gasteiger partial charge is 0.267 e. The van der Waals surface area contributed by atoms with Crippen molar-refractivity contribution in [3.63, 3.8) is 0 Å². The third-order valence-corrected chi connectivity index (χ3v) is 5.33. The van der Waals surface area contributed by atoms with Crippen molar-refractivity contribution in [1.82, 2.24) is 15.6 Å². The topological polar surface area (TPSA) is 103 Å². The van der Waals surface area contributed by atoms with Crippen LogP contribution in [0, 0.1) is 0 Å². The van der Waals surface area contributed by atoms with E-state index in [0.717, 1.165) is 11.3 Å². The van der Waals surface area contributed by atoms with Crippen molar-refractivity contribution < 1.29 is 14.7 Å². The second-order valence-corrected chi connectivity index (χ2v) is 7.11. The highest BCUT2D eigenvalue weighted by Crippen LogP contribution is 2.33. The number of rotatable bonds is 4. The molecule has 4 N–H and O–H groups in total. The van der Waals surface area contributed by atoms with Crippen LogP contribution >= 0.6 is 34.5 Å². The van der Waals surface area contributed by atoms with Crippen LogP contribution in [0.5, 0.6) is 5.75 Å². The van der Waals surface area contributed by atoms with Crippen molar-refractivity contribution in [3.05, 3.63) is 49.9 Å². The Balaban J connectivity index is 1.79. The van der Waals surface area contributed by atoms with Crippen molar-refractivity contribution >= 4 is 52.2 Å². The molecule has 0 spiro atoms. The lowest BCUT2D eigenvalue weighted by Crippen LogP contribution is -2.37. The molecular weight excluding hydrogens is 399 g/mol. The Labute approximate surface area is 163 Å². The van der Waals surface area contributed by atoms with Gasteiger partial charge in [-0.1, -0.05) is 23.2 Å². The number of halogens is 2. The zero-order valence-electron chi connectivity index (χ0n) is 13.3. The lowest BCUT2D eigenvalue weighted by Gasteiger charge is -2.21. The summed E-state index contributed by atoms with van der Waals surface area (Å²) >= 11 is 12.7. The number of anilines is 1. The zero-order chi connectivity index (χ0) is 18.7. The maximum atomic E-state index is 12.6. The molecule has 26 heavy (non-hydrogen) atoms. The molecule has 0 saturated heterocycles. The van der Waals surface area contributed by atoms with Crippen LogP contribution in [-0.2, 0) is 4.79 Å². The Bertz CT molecular complexity index is 880. The van der Waals surface area contributed by atoms with Crippen LogP contribution < -0.4 is 16.0 Å². The fourth-order valence-corrected chi connectivity index (χ4v) is 3.54. The van der Waals surface area contributed by atoms with E-state index in [1.807, 2.05) is 0 Å². The molecule has 0 fully saturated rings. The first-order valence-corrected chi connectivity index (χ1v) is 9.22. The first kappa shape index (κ1) is 18.7. The van der Waals surface area contributed by atoms with Crippen LogP contribution in [0.15, 0.2) is 35.0 Å². The van der Waals surface area contributed by atoms with E-state index in [4.69, 9.17) is 23.2 Å². The van der Waals surface area contributed by atoms with Crippen molar-refractivity contribution in [2.75, 3.05) is 18.4 Å². The number of thiophene rings is 1. The lowest BCUT2D eigenvalue weighted by molar-refractivity contribution is -0.113. The second-order valence-electron chi connectivity index (χ2n) is 5.42. The summed E-state index contributed by atoms with van der Waals surface area (Å²) in [6.07, 6.45) is 1.88. The van der Waals surface area contributed by atoms with Gasteiger partial charge in [-0.25, -0.2) is 4.98 Å². The van der Waals surface area contributed by atoms with E-state index in [2.05, 4.69) is 20.9 Å². The first-order chi connectivity index (χ1) is 12.5. The van der Waals surface area contributed by atoms with Gasteiger partial charge in [0.05, 0.1) is 5.02 Å². The number of pyridine rings is 1. The third-order valence-electron chi connectivity index (χ3n) is 3.64. The summed E-state index contributed by atoms with van der Waals surface area (Å²) in [4.78, 5) is 29.2. The number of carbonyl (C=O) groups is 2. The molecule has 0 atom stereocenters. The molecule has 136 valence electrons. The quantitative estimate of drug-likeness (QED) is 0.617. The van der Waals surface area contributed by atoms with Gasteiger partial charge in [0.25, 0.3) is 11.8 Å². The molecule has 3 heterocycles. The summed E-state index contributed by atoms with van der Waals surface area (Å²) in [6, 6.07) is 3.21. The number of amides is 2. The van der Waals surface area contributed by atoms with E-state index in [-0.39, 0.29) is 21.6 Å². The molecule has 2 aromatic rings. The number of nitrogens with one attached hydrogen (secondary N) is 3. The third kappa shape index (κ3) is 4.16. The normalized spacial score (nSPS) is 14.2. The molecule has 0 radical (unpaired) electrons. The van der Waals surface area contributed by atoms with Crippen LogP contribution in [0.3, 0.4) is 0 Å². The predicted octanol–water partition coefficient (Wildman–Crippen LogP) is 2.77. The molecule has 10 heteroatoms. The van der Waals surface area contributed by atoms with Crippen LogP contribution in [0.25, 0.3) is 0 Å². The van der Waals surface area contributed by atoms with Gasteiger partial charge in [-0.3, -0.25) is 9.59 Å². The first-order valence-electron chi connectivity index (χ1n) is 7.58. The van der Waals surface area contributed by atoms with Gasteiger partial charge in [0.15, 0.2) is 0 Å². The molecule has 7 nitrogen and oxygen atoms in total. The highest BCUT2D eigenvalue weighted by Gasteiger charge is 2.23. The maximum absolute atomic E-state index is 12.6. The standard InChI is InChI=1S/C16H14Cl2N4O3S/c17-8-1-2-12(20-5-8)22-15(24)9-3-4-19-6-10(9)21-16(25)14-13(18)11(23)7-26-14/h1-2,5,7,19,23H,3-4,6H2,(H,21,25)(H,20,22,24). The van der Waals surface area contributed by atoms with Gasteiger partial charge in [-0.15, -0.1) is 11.3 Å². The summed E-state index contributed by atoms with van der Waals surface area (Å²) in [6.45, 7) is 0.939. The van der Waals surface area contributed by atoms with Gasteiger partial charge in [-0.2, -0.15) is 0 Å². The largest absolute Gasteiger partial charge is 0.505 e. The van der Waals surface area contributed by atoms with Gasteiger partial charge in [0.1, 0.15) is 21.5 Å². The Morgan fingerprint density at radius 1 is 1.23 bits per heavy atom. The second kappa shape index (κ2) is 8.05. The van der Waals surface area contributed by atoms with Crippen LogP contribution in [0.1, 0.15) is 16.1 Å². The fraction of sp³-hybridized carbons (Fsp3) is 0.188. The van der Waals surface area contributed by atoms with Crippen molar-refractivity contribution in [2.24, 2.45) is 0 Å². The Morgan fingerprint density at radius 3 is 2.69 bits per heavy atom. The van der Waals surface area contributed by atoms with Crippen LogP contribution in [0.2, 0.25) is 10.0 Å². The summed E-state index contributed by atoms with van der Waals surface area (Å²) in [5, 5.41) is 19.8. The van der Waals surface area contributed by atoms with Crippen LogP contribution in [0.4, 0.5) is 5.82 Å². The number of carbonyl (C=O) groups excluding carboxylic acids is 2. The molecule has 1 aliphatic heterocycles. The minimum Gasteiger partial charge on any atom is -0.505 e. The Hall–Kier alpha value is -2.13. The highest BCUT2D eigenvalue weighted by molar-refractivity contribution is 7.13. The van der Waals surface area contributed by atoms with Gasteiger partial charge in [0.2, 0.25) is 0 Å². The molecule has 0 bridgehead atoms. The van der Waals surface area contributed by atoms with E-state index in [0.29, 0.717) is 41.6 Å².